The number of carbonyl (C=O) groups is 1. The molecule has 0 aliphatic carbocycles. The molecule has 0 rings (SSSR count). The molecule has 0 saturated heterocycles. The van der Waals surface area contributed by atoms with Crippen LogP contribution in [0, 0.1) is 0 Å². The minimum Gasteiger partial charge on any atom is -0.759 e. The second-order valence-corrected chi connectivity index (χ2v) is 3.58. The third-order valence-corrected chi connectivity index (χ3v) is 1.42. The summed E-state index contributed by atoms with van der Waals surface area (Å²) in [6.45, 7) is -0.760. The maximum Gasteiger partial charge on any atom is 1.00 e. The molecule has 19 heavy (non-hydrogen) atoms. The van der Waals surface area contributed by atoms with Gasteiger partial charge in [0.25, 0.3) is 0 Å². The summed E-state index contributed by atoms with van der Waals surface area (Å²) in [7, 11) is -5.17. The Hall–Kier alpha value is -0.181. The van der Waals surface area contributed by atoms with Gasteiger partial charge in [0, 0.05) is 10.4 Å². The molecule has 0 aliphatic rings. The molecule has 0 aromatic heterocycles. The Morgan fingerprint density at radius 3 is 1.58 bits per heavy atom. The Balaban J connectivity index is -0.000000139. The molecule has 119 valence electrons. The Morgan fingerprint density at radius 2 is 1.37 bits per heavy atom. The van der Waals surface area contributed by atoms with Crippen LogP contribution in [0.3, 0.4) is 0 Å². The van der Waals surface area contributed by atoms with E-state index in [1.54, 1.807) is 0 Å². The zero-order chi connectivity index (χ0) is 14.2. The van der Waals surface area contributed by atoms with Crippen LogP contribution in [0.15, 0.2) is 0 Å². The molecule has 0 aliphatic heterocycles. The van der Waals surface area contributed by atoms with E-state index in [0.29, 0.717) is 0 Å². The van der Waals surface area contributed by atoms with Gasteiger partial charge >= 0.3 is 17.1 Å². The van der Waals surface area contributed by atoms with Crippen molar-refractivity contribution >= 4 is 16.7 Å². The van der Waals surface area contributed by atoms with Crippen molar-refractivity contribution in [3.05, 3.63) is 0 Å². The summed E-state index contributed by atoms with van der Waals surface area (Å²) in [5.74, 6) is 0. The SMILES string of the molecule is O=CC(O)C(O)C(O)C(O)CO.O=S(=O)([O-])[O-].[Fe+].[NH4+]. The van der Waals surface area contributed by atoms with Crippen molar-refractivity contribution in [1.29, 1.82) is 0 Å². The number of aliphatic hydroxyl groups is 5. The maximum absolute atomic E-state index is 9.90. The van der Waals surface area contributed by atoms with E-state index in [9.17, 15) is 4.79 Å². The predicted molar refractivity (Wildman–Crippen MR) is 53.6 cm³/mol. The molecule has 0 bridgehead atoms. The summed E-state index contributed by atoms with van der Waals surface area (Å²) in [6.07, 6.45) is -6.84. The Bertz CT molecular complexity index is 303. The molecule has 0 fully saturated rings. The third kappa shape index (κ3) is 17.8. The van der Waals surface area contributed by atoms with Crippen molar-refractivity contribution in [1.82, 2.24) is 6.15 Å². The van der Waals surface area contributed by atoms with Crippen LogP contribution in [0.4, 0.5) is 0 Å². The molecular weight excluding hydrogens is 334 g/mol. The van der Waals surface area contributed by atoms with E-state index >= 15 is 0 Å². The summed E-state index contributed by atoms with van der Waals surface area (Å²) in [4.78, 5) is 9.90. The molecule has 0 aromatic rings. The number of carbonyl (C=O) groups excluding carboxylic acids is 1. The molecule has 0 heterocycles. The molecule has 0 saturated carbocycles. The zero-order valence-corrected chi connectivity index (χ0v) is 11.6. The molecule has 4 unspecified atom stereocenters. The average molecular weight is 350 g/mol. The Labute approximate surface area is 119 Å². The van der Waals surface area contributed by atoms with E-state index in [0.717, 1.165) is 0 Å². The first-order valence-corrected chi connectivity index (χ1v) is 5.33. The van der Waals surface area contributed by atoms with Crippen LogP contribution in [0.2, 0.25) is 0 Å². The van der Waals surface area contributed by atoms with Gasteiger partial charge in [-0.1, -0.05) is 0 Å². The van der Waals surface area contributed by atoms with E-state index in [4.69, 9.17) is 43.1 Å². The fourth-order valence-electron chi connectivity index (χ4n) is 0.618. The van der Waals surface area contributed by atoms with Crippen molar-refractivity contribution in [2.75, 3.05) is 6.61 Å². The van der Waals surface area contributed by atoms with Gasteiger partial charge in [-0.25, -0.2) is 0 Å². The van der Waals surface area contributed by atoms with Crippen LogP contribution in [-0.2, 0) is 32.3 Å². The first-order valence-electron chi connectivity index (χ1n) is 3.99. The normalized spacial score (nSPS) is 16.4. The first-order chi connectivity index (χ1) is 7.54. The van der Waals surface area contributed by atoms with Crippen LogP contribution < -0.4 is 6.15 Å². The number of rotatable bonds is 5. The molecule has 9 N–H and O–H groups in total. The summed E-state index contributed by atoms with van der Waals surface area (Å²) >= 11 is 0. The second-order valence-electron chi connectivity index (χ2n) is 2.77. The van der Waals surface area contributed by atoms with E-state index in [1.165, 1.54) is 0 Å². The van der Waals surface area contributed by atoms with E-state index in [2.05, 4.69) is 0 Å². The maximum atomic E-state index is 9.90. The monoisotopic (exact) mass is 350 g/mol. The molecule has 4 atom stereocenters. The largest absolute Gasteiger partial charge is 1.00 e. The van der Waals surface area contributed by atoms with Crippen molar-refractivity contribution in [2.45, 2.75) is 24.4 Å². The zero-order valence-electron chi connectivity index (χ0n) is 9.63. The molecule has 0 aromatic carbocycles. The van der Waals surface area contributed by atoms with Gasteiger partial charge in [0.05, 0.1) is 6.61 Å². The molecule has 0 spiro atoms. The fourth-order valence-corrected chi connectivity index (χ4v) is 0.618. The third-order valence-electron chi connectivity index (χ3n) is 1.42. The molecule has 11 nitrogen and oxygen atoms in total. The quantitative estimate of drug-likeness (QED) is 0.121. The summed E-state index contributed by atoms with van der Waals surface area (Å²) in [5, 5.41) is 43.5. The van der Waals surface area contributed by atoms with Gasteiger partial charge in [0.15, 0.2) is 6.29 Å². The molecule has 1 radical (unpaired) electrons. The molecular formula is C6H16FeNO10S. The van der Waals surface area contributed by atoms with Gasteiger partial charge in [-0.05, 0) is 0 Å². The van der Waals surface area contributed by atoms with Crippen molar-refractivity contribution in [3.8, 4) is 0 Å². The second kappa shape index (κ2) is 12.8. The van der Waals surface area contributed by atoms with Gasteiger partial charge in [-0.15, -0.1) is 0 Å². The Kier molecular flexibility index (Phi) is 18.4. The summed E-state index contributed by atoms with van der Waals surface area (Å²) in [5.41, 5.74) is 0. The Morgan fingerprint density at radius 1 is 1.05 bits per heavy atom. The van der Waals surface area contributed by atoms with E-state index in [-0.39, 0.29) is 29.5 Å². The van der Waals surface area contributed by atoms with Crippen LogP contribution in [0.25, 0.3) is 0 Å². The number of hydrogen-bond acceptors (Lipinski definition) is 10. The van der Waals surface area contributed by atoms with E-state index < -0.39 is 41.4 Å². The standard InChI is InChI=1S/C6H12O6.Fe.H3N.H2O4S/c7-1-3(9)5(11)6(12)4(10)2-8;;;1-5(2,3)4/h1,3-6,8-12H,2H2;;1H3;(H2,1,2,3,4)/q;+1;;/p-1. The predicted octanol–water partition coefficient (Wildman–Crippen LogP) is -4.34. The first kappa shape index (κ1) is 27.2. The smallest absolute Gasteiger partial charge is 0.759 e. The van der Waals surface area contributed by atoms with Gasteiger partial charge in [0.2, 0.25) is 0 Å². The topological polar surface area (TPSA) is 235 Å². The van der Waals surface area contributed by atoms with Gasteiger partial charge in [-0.2, -0.15) is 0 Å². The minimum absolute atomic E-state index is 0. The number of aldehydes is 1. The summed E-state index contributed by atoms with van der Waals surface area (Å²) in [6, 6.07) is 0. The number of quaternary nitrogens is 1. The van der Waals surface area contributed by atoms with Crippen molar-refractivity contribution in [2.24, 2.45) is 0 Å². The van der Waals surface area contributed by atoms with Crippen molar-refractivity contribution in [3.63, 3.8) is 0 Å². The van der Waals surface area contributed by atoms with Crippen LogP contribution in [-0.4, -0.2) is 80.4 Å². The average Bonchev–Trinajstić information content (AvgIpc) is 2.22. The van der Waals surface area contributed by atoms with Crippen molar-refractivity contribution < 1.29 is 64.9 Å². The molecule has 13 heteroatoms. The number of aliphatic hydroxyl groups excluding tert-OH is 5. The van der Waals surface area contributed by atoms with Gasteiger partial charge < -0.3 is 45.6 Å². The van der Waals surface area contributed by atoms with Gasteiger partial charge in [0.1, 0.15) is 24.4 Å². The van der Waals surface area contributed by atoms with Gasteiger partial charge in [-0.3, -0.25) is 8.42 Å². The minimum atomic E-state index is -5.17. The van der Waals surface area contributed by atoms with E-state index in [1.807, 2.05) is 0 Å². The molecule has 0 amide bonds. The summed E-state index contributed by atoms with van der Waals surface area (Å²) < 4.78 is 34.1. The van der Waals surface area contributed by atoms with Crippen LogP contribution >= 0.6 is 0 Å². The fraction of sp³-hybridized carbons (Fsp3) is 0.833. The van der Waals surface area contributed by atoms with Crippen LogP contribution in [0.1, 0.15) is 0 Å². The van der Waals surface area contributed by atoms with Crippen LogP contribution in [0.5, 0.6) is 0 Å². The number of hydrogen-bond donors (Lipinski definition) is 6.